The summed E-state index contributed by atoms with van der Waals surface area (Å²) in [5.74, 6) is 0. The molecule has 0 saturated carbocycles. The summed E-state index contributed by atoms with van der Waals surface area (Å²) >= 11 is 0. The fraction of sp³-hybridized carbons (Fsp3) is 1.00. The third kappa shape index (κ3) is 3.24. The van der Waals surface area contributed by atoms with Gasteiger partial charge in [0.25, 0.3) is 0 Å². The SMILES string of the molecule is [Na+].[O-][N+](=NO)N1CCNCC1. The maximum Gasteiger partial charge on any atom is 1.00 e. The molecule has 0 unspecified atom stereocenters. The van der Waals surface area contributed by atoms with Crippen molar-refractivity contribution in [1.82, 2.24) is 10.3 Å². The zero-order chi connectivity index (χ0) is 7.40. The second kappa shape index (κ2) is 5.59. The number of hydrogen-bond donors (Lipinski definition) is 2. The van der Waals surface area contributed by atoms with Gasteiger partial charge in [0.15, 0.2) is 0 Å². The molecule has 0 aliphatic carbocycles. The number of nitrogens with one attached hydrogen (secondary N) is 1. The van der Waals surface area contributed by atoms with Gasteiger partial charge >= 0.3 is 29.6 Å². The Bertz CT molecular complexity index is 136. The molecule has 0 amide bonds. The van der Waals surface area contributed by atoms with E-state index in [4.69, 9.17) is 5.21 Å². The van der Waals surface area contributed by atoms with Crippen LogP contribution in [0.2, 0.25) is 0 Å². The summed E-state index contributed by atoms with van der Waals surface area (Å²) in [6.07, 6.45) is 0. The molecule has 0 aromatic heterocycles. The Morgan fingerprint density at radius 3 is 2.45 bits per heavy atom. The fourth-order valence-corrected chi connectivity index (χ4v) is 0.881. The molecule has 1 heterocycles. The summed E-state index contributed by atoms with van der Waals surface area (Å²) in [7, 11) is 0. The van der Waals surface area contributed by atoms with E-state index in [1.807, 2.05) is 0 Å². The predicted molar refractivity (Wildman–Crippen MR) is 32.3 cm³/mol. The third-order valence-corrected chi connectivity index (χ3v) is 1.41. The first kappa shape index (κ1) is 11.0. The molecule has 1 saturated heterocycles. The molecule has 11 heavy (non-hydrogen) atoms. The van der Waals surface area contributed by atoms with Crippen LogP contribution in [0.15, 0.2) is 5.28 Å². The van der Waals surface area contributed by atoms with Gasteiger partial charge in [-0.3, -0.25) is 0 Å². The van der Waals surface area contributed by atoms with Crippen LogP contribution < -0.4 is 34.9 Å². The monoisotopic (exact) mass is 169 g/mol. The molecule has 1 fully saturated rings. The van der Waals surface area contributed by atoms with Crippen molar-refractivity contribution in [2.75, 3.05) is 26.2 Å². The maximum absolute atomic E-state index is 10.6. The molecule has 0 radical (unpaired) electrons. The van der Waals surface area contributed by atoms with Crippen LogP contribution in [0, 0.1) is 5.21 Å². The van der Waals surface area contributed by atoms with Crippen LogP contribution in [0.5, 0.6) is 0 Å². The van der Waals surface area contributed by atoms with E-state index in [9.17, 15) is 5.21 Å². The molecule has 0 aromatic carbocycles. The van der Waals surface area contributed by atoms with E-state index in [2.05, 4.69) is 10.6 Å². The van der Waals surface area contributed by atoms with Crippen molar-refractivity contribution in [2.24, 2.45) is 5.28 Å². The quantitative estimate of drug-likeness (QED) is 0.182. The van der Waals surface area contributed by atoms with Gasteiger partial charge in [0.1, 0.15) is 0 Å². The number of piperazine rings is 1. The van der Waals surface area contributed by atoms with Gasteiger partial charge in [0.05, 0.1) is 18.1 Å². The molecule has 7 heteroatoms. The Labute approximate surface area is 86.7 Å². The zero-order valence-electron chi connectivity index (χ0n) is 6.53. The average Bonchev–Trinajstić information content (AvgIpc) is 2.05. The van der Waals surface area contributed by atoms with Crippen LogP contribution in [0.4, 0.5) is 0 Å². The van der Waals surface area contributed by atoms with Crippen LogP contribution in [0.1, 0.15) is 0 Å². The minimum atomic E-state index is 0. The first-order valence-corrected chi connectivity index (χ1v) is 3.12. The molecule has 2 N–H and O–H groups in total. The molecule has 0 spiro atoms. The normalized spacial score (nSPS) is 19.3. The summed E-state index contributed by atoms with van der Waals surface area (Å²) in [4.78, 5) is 0.209. The molecular formula is C4H10N4NaO2+. The number of rotatable bonds is 1. The van der Waals surface area contributed by atoms with Gasteiger partial charge in [0, 0.05) is 13.1 Å². The largest absolute Gasteiger partial charge is 1.00 e. The van der Waals surface area contributed by atoms with Gasteiger partial charge in [-0.25, -0.2) is 0 Å². The third-order valence-electron chi connectivity index (χ3n) is 1.41. The Balaban J connectivity index is 0.000001000. The van der Waals surface area contributed by atoms with Crippen molar-refractivity contribution >= 4 is 0 Å². The van der Waals surface area contributed by atoms with Gasteiger partial charge in [-0.15, -0.1) is 5.01 Å². The predicted octanol–water partition coefficient (Wildman–Crippen LogP) is -3.84. The first-order valence-electron chi connectivity index (χ1n) is 3.12. The molecule has 1 rings (SSSR count). The smallest absolute Gasteiger partial charge is 0.569 e. The second-order valence-corrected chi connectivity index (χ2v) is 2.05. The topological polar surface area (TPSA) is 73.9 Å². The van der Waals surface area contributed by atoms with Crippen LogP contribution in [-0.2, 0) is 0 Å². The summed E-state index contributed by atoms with van der Waals surface area (Å²) in [5.41, 5.74) is 0. The Morgan fingerprint density at radius 1 is 1.45 bits per heavy atom. The Morgan fingerprint density at radius 2 is 2.00 bits per heavy atom. The van der Waals surface area contributed by atoms with Gasteiger partial charge < -0.3 is 15.7 Å². The summed E-state index contributed by atoms with van der Waals surface area (Å²) in [6.45, 7) is 2.70. The molecule has 1 aliphatic heterocycles. The van der Waals surface area contributed by atoms with Crippen LogP contribution in [0.25, 0.3) is 0 Å². The molecule has 1 aliphatic rings. The second-order valence-electron chi connectivity index (χ2n) is 2.05. The van der Waals surface area contributed by atoms with Gasteiger partial charge in [-0.1, -0.05) is 0 Å². The van der Waals surface area contributed by atoms with Crippen molar-refractivity contribution in [3.05, 3.63) is 5.21 Å². The molecule has 6 nitrogen and oxygen atoms in total. The van der Waals surface area contributed by atoms with Crippen molar-refractivity contribution < 1.29 is 39.7 Å². The summed E-state index contributed by atoms with van der Waals surface area (Å²) in [6, 6.07) is 0. The molecule has 58 valence electrons. The van der Waals surface area contributed by atoms with E-state index in [0.29, 0.717) is 13.1 Å². The van der Waals surface area contributed by atoms with Crippen LogP contribution in [-0.4, -0.2) is 41.4 Å². The number of hydrogen-bond acceptors (Lipinski definition) is 3. The van der Waals surface area contributed by atoms with E-state index >= 15 is 0 Å². The molecule has 0 atom stereocenters. The minimum Gasteiger partial charge on any atom is -0.569 e. The zero-order valence-corrected chi connectivity index (χ0v) is 8.53. The van der Waals surface area contributed by atoms with E-state index < -0.39 is 0 Å². The first-order chi connectivity index (χ1) is 4.84. The number of hydrazine groups is 1. The standard InChI is InChI=1S/C4H10N4O2.Na/c9-6-8(10)7-3-1-5-2-4-7;/h5,9H,1-4H2;/q;+1. The van der Waals surface area contributed by atoms with Crippen LogP contribution in [0.3, 0.4) is 0 Å². The van der Waals surface area contributed by atoms with E-state index in [1.54, 1.807) is 0 Å². The van der Waals surface area contributed by atoms with Gasteiger partial charge in [-0.2, -0.15) is 0 Å². The van der Waals surface area contributed by atoms with E-state index in [-0.39, 0.29) is 34.5 Å². The van der Waals surface area contributed by atoms with Crippen molar-refractivity contribution in [3.8, 4) is 0 Å². The molecule has 0 aromatic rings. The average molecular weight is 169 g/mol. The van der Waals surface area contributed by atoms with E-state index in [0.717, 1.165) is 13.1 Å². The summed E-state index contributed by atoms with van der Waals surface area (Å²) in [5, 5.41) is 25.6. The maximum atomic E-state index is 10.6. The van der Waals surface area contributed by atoms with Gasteiger partial charge in [-0.05, 0) is 0 Å². The molecular weight excluding hydrogens is 159 g/mol. The minimum absolute atomic E-state index is 0. The summed E-state index contributed by atoms with van der Waals surface area (Å²) < 4.78 is 0. The molecule has 0 bridgehead atoms. The van der Waals surface area contributed by atoms with Crippen molar-refractivity contribution in [1.29, 1.82) is 0 Å². The number of nitrogens with zero attached hydrogens (tertiary/aromatic N) is 3. The van der Waals surface area contributed by atoms with Crippen molar-refractivity contribution in [2.45, 2.75) is 0 Å². The van der Waals surface area contributed by atoms with E-state index in [1.165, 1.54) is 5.01 Å². The van der Waals surface area contributed by atoms with Crippen LogP contribution >= 0.6 is 0 Å². The van der Waals surface area contributed by atoms with Crippen molar-refractivity contribution in [3.63, 3.8) is 0 Å². The Hall–Kier alpha value is -0.0400. The Kier molecular flexibility index (Phi) is 5.57. The fourth-order valence-electron chi connectivity index (χ4n) is 0.881. The van der Waals surface area contributed by atoms with Gasteiger partial charge in [0.2, 0.25) is 5.28 Å².